The van der Waals surface area contributed by atoms with Crippen molar-refractivity contribution in [1.29, 1.82) is 5.26 Å². The van der Waals surface area contributed by atoms with Crippen molar-refractivity contribution in [3.05, 3.63) is 47.5 Å². The second kappa shape index (κ2) is 4.64. The summed E-state index contributed by atoms with van der Waals surface area (Å²) in [6.07, 6.45) is 6.98. The predicted molar refractivity (Wildman–Crippen MR) is 85.3 cm³/mol. The molecule has 0 N–H and O–H groups in total. The van der Waals surface area contributed by atoms with Gasteiger partial charge in [0.05, 0.1) is 29.7 Å². The molecule has 1 aromatic rings. The van der Waals surface area contributed by atoms with E-state index in [1.807, 2.05) is 0 Å². The number of amides is 2. The highest BCUT2D eigenvalue weighted by atomic mass is 16.2. The maximum atomic E-state index is 12.7. The second-order valence-electron chi connectivity index (χ2n) is 7.12. The molecule has 0 spiro atoms. The van der Waals surface area contributed by atoms with Crippen LogP contribution in [0.1, 0.15) is 17.5 Å². The van der Waals surface area contributed by atoms with Crippen LogP contribution >= 0.6 is 0 Å². The Bertz CT molecular complexity index is 812. The van der Waals surface area contributed by atoms with Gasteiger partial charge in [0.25, 0.3) is 11.8 Å². The number of allylic oxidation sites excluding steroid dienone is 2. The normalized spacial score (nSPS) is 38.4. The van der Waals surface area contributed by atoms with Crippen LogP contribution in [0.4, 0.5) is 0 Å². The zero-order chi connectivity index (χ0) is 16.4. The monoisotopic (exact) mass is 317 g/mol. The quantitative estimate of drug-likeness (QED) is 0.475. The Kier molecular flexibility index (Phi) is 2.64. The van der Waals surface area contributed by atoms with Gasteiger partial charge in [-0.3, -0.25) is 9.59 Å². The summed E-state index contributed by atoms with van der Waals surface area (Å²) in [6, 6.07) is 8.93. The third-order valence-corrected chi connectivity index (χ3v) is 6.00. The van der Waals surface area contributed by atoms with Crippen LogP contribution in [0.15, 0.2) is 41.5 Å². The van der Waals surface area contributed by atoms with E-state index in [4.69, 9.17) is 5.26 Å². The molecule has 5 aliphatic rings. The summed E-state index contributed by atoms with van der Waals surface area (Å²) < 4.78 is 0. The zero-order valence-electron chi connectivity index (χ0n) is 12.9. The van der Waals surface area contributed by atoms with Gasteiger partial charge < -0.3 is 0 Å². The summed E-state index contributed by atoms with van der Waals surface area (Å²) in [7, 11) is 0. The number of rotatable bonds is 2. The first kappa shape index (κ1) is 13.7. The standard InChI is InChI=1S/C19H15N3O2/c20-8-10-1-3-11(4-2-10)9-21-22-18(23)16-12-5-6-13(15-7-14(12)15)17(16)19(22)24/h1-6,9,12-17H,7H2/b21-9-/t12-,13-,14-,15-,16-,17+/m1/s1. The minimum absolute atomic E-state index is 0.153. The smallest absolute Gasteiger partial charge is 0.254 e. The van der Waals surface area contributed by atoms with Crippen LogP contribution in [0.3, 0.4) is 0 Å². The molecule has 2 bridgehead atoms. The highest BCUT2D eigenvalue weighted by Crippen LogP contribution is 2.65. The van der Waals surface area contributed by atoms with Crippen LogP contribution in [0, 0.1) is 46.8 Å². The highest BCUT2D eigenvalue weighted by molar-refractivity contribution is 6.06. The van der Waals surface area contributed by atoms with E-state index in [-0.39, 0.29) is 35.5 Å². The van der Waals surface area contributed by atoms with Crippen LogP contribution in [-0.2, 0) is 9.59 Å². The molecule has 6 atom stereocenters. The van der Waals surface area contributed by atoms with Crippen LogP contribution in [-0.4, -0.2) is 23.0 Å². The maximum absolute atomic E-state index is 12.7. The molecule has 1 aliphatic heterocycles. The largest absolute Gasteiger partial charge is 0.272 e. The van der Waals surface area contributed by atoms with Crippen molar-refractivity contribution in [2.75, 3.05) is 0 Å². The van der Waals surface area contributed by atoms with E-state index in [1.165, 1.54) is 6.21 Å². The number of nitrogens with zero attached hydrogens (tertiary/aromatic N) is 3. The predicted octanol–water partition coefficient (Wildman–Crippen LogP) is 1.95. The molecule has 1 saturated heterocycles. The Balaban J connectivity index is 1.42. The lowest BCUT2D eigenvalue weighted by molar-refractivity contribution is -0.140. The van der Waals surface area contributed by atoms with Crippen molar-refractivity contribution in [2.24, 2.45) is 40.6 Å². The van der Waals surface area contributed by atoms with Gasteiger partial charge >= 0.3 is 0 Å². The van der Waals surface area contributed by atoms with Crippen LogP contribution in [0.25, 0.3) is 0 Å². The number of imide groups is 1. The molecule has 1 aromatic carbocycles. The van der Waals surface area contributed by atoms with E-state index in [2.05, 4.69) is 23.3 Å². The van der Waals surface area contributed by atoms with Crippen LogP contribution < -0.4 is 0 Å². The topological polar surface area (TPSA) is 73.5 Å². The minimum Gasteiger partial charge on any atom is -0.272 e. The second-order valence-corrected chi connectivity index (χ2v) is 7.12. The third kappa shape index (κ3) is 1.71. The molecule has 118 valence electrons. The van der Waals surface area contributed by atoms with E-state index in [1.54, 1.807) is 24.3 Å². The Morgan fingerprint density at radius 1 is 1.04 bits per heavy atom. The highest BCUT2D eigenvalue weighted by Gasteiger charge is 2.67. The number of hydrogen-bond acceptors (Lipinski definition) is 4. The number of carbonyl (C=O) groups is 2. The molecule has 0 radical (unpaired) electrons. The lowest BCUT2D eigenvalue weighted by atomic mass is 9.63. The summed E-state index contributed by atoms with van der Waals surface area (Å²) in [6.45, 7) is 0. The Labute approximate surface area is 139 Å². The maximum Gasteiger partial charge on any atom is 0.254 e. The first-order chi connectivity index (χ1) is 11.7. The molecule has 2 amide bonds. The fourth-order valence-electron chi connectivity index (χ4n) is 4.82. The van der Waals surface area contributed by atoms with E-state index >= 15 is 0 Å². The lowest BCUT2D eigenvalue weighted by Gasteiger charge is -2.37. The first-order valence-corrected chi connectivity index (χ1v) is 8.29. The van der Waals surface area contributed by atoms with Crippen LogP contribution in [0.5, 0.6) is 0 Å². The molecule has 0 unspecified atom stereocenters. The van der Waals surface area contributed by atoms with Gasteiger partial charge in [-0.25, -0.2) is 0 Å². The van der Waals surface area contributed by atoms with Crippen molar-refractivity contribution >= 4 is 18.0 Å². The van der Waals surface area contributed by atoms with Gasteiger partial charge in [-0.15, -0.1) is 0 Å². The van der Waals surface area contributed by atoms with Crippen molar-refractivity contribution in [3.8, 4) is 6.07 Å². The third-order valence-electron chi connectivity index (χ3n) is 6.00. The molecular formula is C19H15N3O2. The average Bonchev–Trinajstić information content (AvgIpc) is 3.39. The molecule has 24 heavy (non-hydrogen) atoms. The summed E-state index contributed by atoms with van der Waals surface area (Å²) in [5.74, 6) is 0.900. The van der Waals surface area contributed by atoms with E-state index in [0.717, 1.165) is 17.0 Å². The van der Waals surface area contributed by atoms with Crippen molar-refractivity contribution in [1.82, 2.24) is 5.01 Å². The van der Waals surface area contributed by atoms with Crippen molar-refractivity contribution < 1.29 is 9.59 Å². The molecular weight excluding hydrogens is 302 g/mol. The number of benzene rings is 1. The molecule has 6 rings (SSSR count). The number of nitriles is 1. The fourth-order valence-corrected chi connectivity index (χ4v) is 4.82. The van der Waals surface area contributed by atoms with Gasteiger partial charge in [-0.05, 0) is 47.8 Å². The van der Waals surface area contributed by atoms with Gasteiger partial charge in [0.1, 0.15) is 0 Å². The zero-order valence-corrected chi connectivity index (χ0v) is 12.9. The van der Waals surface area contributed by atoms with Crippen molar-refractivity contribution in [3.63, 3.8) is 0 Å². The molecule has 2 saturated carbocycles. The SMILES string of the molecule is N#Cc1ccc(/C=N\N2C(=O)[C@@H]3[C@@H]4C=C[C@H]([C@H]5C[C@H]45)[C@@H]3C2=O)cc1. The Morgan fingerprint density at radius 3 is 2.17 bits per heavy atom. The number of hydrazone groups is 1. The van der Waals surface area contributed by atoms with Gasteiger partial charge in [0.15, 0.2) is 0 Å². The van der Waals surface area contributed by atoms with E-state index < -0.39 is 0 Å². The van der Waals surface area contributed by atoms with Gasteiger partial charge in [0, 0.05) is 0 Å². The fraction of sp³-hybridized carbons (Fsp3) is 0.368. The first-order valence-electron chi connectivity index (χ1n) is 8.29. The van der Waals surface area contributed by atoms with Gasteiger partial charge in [-0.2, -0.15) is 15.4 Å². The molecule has 5 heteroatoms. The summed E-state index contributed by atoms with van der Waals surface area (Å²) in [5, 5.41) is 14.1. The van der Waals surface area contributed by atoms with E-state index in [0.29, 0.717) is 17.4 Å². The lowest BCUT2D eigenvalue weighted by Crippen LogP contribution is -2.40. The number of carbonyl (C=O) groups excluding carboxylic acids is 2. The Hall–Kier alpha value is -2.74. The summed E-state index contributed by atoms with van der Waals surface area (Å²) >= 11 is 0. The van der Waals surface area contributed by atoms with Gasteiger partial charge in [-0.1, -0.05) is 24.3 Å². The minimum atomic E-state index is -0.214. The molecule has 5 nitrogen and oxygen atoms in total. The van der Waals surface area contributed by atoms with Gasteiger partial charge in [0.2, 0.25) is 0 Å². The number of hydrogen-bond donors (Lipinski definition) is 0. The summed E-state index contributed by atoms with van der Waals surface area (Å²) in [5.41, 5.74) is 1.32. The molecule has 1 heterocycles. The average molecular weight is 317 g/mol. The molecule has 3 fully saturated rings. The molecule has 0 aromatic heterocycles. The Morgan fingerprint density at radius 2 is 1.62 bits per heavy atom. The summed E-state index contributed by atoms with van der Waals surface area (Å²) in [4.78, 5) is 25.5. The molecule has 4 aliphatic carbocycles. The van der Waals surface area contributed by atoms with Crippen LogP contribution in [0.2, 0.25) is 0 Å². The van der Waals surface area contributed by atoms with E-state index in [9.17, 15) is 9.59 Å². The van der Waals surface area contributed by atoms with Crippen molar-refractivity contribution in [2.45, 2.75) is 6.42 Å².